The van der Waals surface area contributed by atoms with Crippen molar-refractivity contribution in [1.29, 1.82) is 0 Å². The number of benzene rings is 1. The Hall–Kier alpha value is -1.20. The first kappa shape index (κ1) is 16.2. The third-order valence-electron chi connectivity index (χ3n) is 3.73. The van der Waals surface area contributed by atoms with Crippen LogP contribution in [-0.2, 0) is 4.74 Å². The first-order chi connectivity index (χ1) is 10.2. The molecule has 1 aliphatic rings. The normalized spacial score (nSPS) is 22.8. The number of urea groups is 1. The average Bonchev–Trinajstić information content (AvgIpc) is 2.95. The van der Waals surface area contributed by atoms with Crippen molar-refractivity contribution >= 4 is 17.8 Å². The van der Waals surface area contributed by atoms with Crippen LogP contribution in [0.5, 0.6) is 0 Å². The largest absolute Gasteiger partial charge is 0.371 e. The molecule has 1 aliphatic heterocycles. The average molecular weight is 308 g/mol. The van der Waals surface area contributed by atoms with Crippen LogP contribution in [0.3, 0.4) is 0 Å². The minimum Gasteiger partial charge on any atom is -0.371 e. The summed E-state index contributed by atoms with van der Waals surface area (Å²) in [6, 6.07) is 10.3. The van der Waals surface area contributed by atoms with E-state index in [4.69, 9.17) is 4.74 Å². The highest BCUT2D eigenvalue weighted by Crippen LogP contribution is 2.28. The number of carbonyl (C=O) groups is 1. The molecule has 2 rings (SSSR count). The van der Waals surface area contributed by atoms with Crippen molar-refractivity contribution in [3.63, 3.8) is 0 Å². The molecular weight excluding hydrogens is 284 g/mol. The second-order valence-corrected chi connectivity index (χ2v) is 6.19. The molecule has 0 saturated carbocycles. The van der Waals surface area contributed by atoms with E-state index < -0.39 is 0 Å². The van der Waals surface area contributed by atoms with E-state index in [1.807, 2.05) is 30.3 Å². The lowest BCUT2D eigenvalue weighted by atomic mass is 10.0. The molecule has 0 aromatic heterocycles. The highest BCUT2D eigenvalue weighted by Gasteiger charge is 2.31. The minimum absolute atomic E-state index is 0.0409. The van der Waals surface area contributed by atoms with Crippen LogP contribution in [0.25, 0.3) is 0 Å². The van der Waals surface area contributed by atoms with E-state index in [9.17, 15) is 4.79 Å². The van der Waals surface area contributed by atoms with E-state index in [2.05, 4.69) is 23.8 Å². The molecule has 4 nitrogen and oxygen atoms in total. The summed E-state index contributed by atoms with van der Waals surface area (Å²) >= 11 is 1.75. The molecule has 21 heavy (non-hydrogen) atoms. The maximum atomic E-state index is 12.1. The van der Waals surface area contributed by atoms with Crippen LogP contribution < -0.4 is 10.6 Å². The zero-order valence-corrected chi connectivity index (χ0v) is 13.5. The number of hydrogen-bond donors (Lipinski definition) is 2. The summed E-state index contributed by atoms with van der Waals surface area (Å²) in [5.41, 5.74) is 1.12. The summed E-state index contributed by atoms with van der Waals surface area (Å²) in [4.78, 5) is 12.1. The Morgan fingerprint density at radius 2 is 2.19 bits per heavy atom. The highest BCUT2D eigenvalue weighted by atomic mass is 32.2. The zero-order chi connectivity index (χ0) is 15.1. The SMILES string of the molecule is CC[C@H](CSC)NC(=O)N[C@H]1CCO[C@H]1c1ccccc1. The Labute approximate surface area is 131 Å². The van der Waals surface area contributed by atoms with Crippen LogP contribution in [0.15, 0.2) is 30.3 Å². The topological polar surface area (TPSA) is 50.4 Å². The summed E-state index contributed by atoms with van der Waals surface area (Å²) in [5, 5.41) is 6.11. The van der Waals surface area contributed by atoms with Gasteiger partial charge in [0.25, 0.3) is 0 Å². The molecule has 0 bridgehead atoms. The fourth-order valence-corrected chi connectivity index (χ4v) is 3.29. The Bertz CT molecular complexity index is 441. The molecule has 3 atom stereocenters. The lowest BCUT2D eigenvalue weighted by Gasteiger charge is -2.22. The molecule has 5 heteroatoms. The lowest BCUT2D eigenvalue weighted by molar-refractivity contribution is 0.0998. The molecule has 1 fully saturated rings. The van der Waals surface area contributed by atoms with Gasteiger partial charge in [0, 0.05) is 18.4 Å². The van der Waals surface area contributed by atoms with Crippen molar-refractivity contribution in [2.45, 2.75) is 38.0 Å². The fourth-order valence-electron chi connectivity index (χ4n) is 2.57. The van der Waals surface area contributed by atoms with Crippen molar-refractivity contribution in [2.24, 2.45) is 0 Å². The van der Waals surface area contributed by atoms with E-state index in [-0.39, 0.29) is 24.2 Å². The zero-order valence-electron chi connectivity index (χ0n) is 12.7. The Balaban J connectivity index is 1.90. The van der Waals surface area contributed by atoms with Crippen molar-refractivity contribution in [2.75, 3.05) is 18.6 Å². The van der Waals surface area contributed by atoms with Crippen molar-refractivity contribution < 1.29 is 9.53 Å². The Morgan fingerprint density at radius 1 is 1.43 bits per heavy atom. The monoisotopic (exact) mass is 308 g/mol. The number of hydrogen-bond acceptors (Lipinski definition) is 3. The van der Waals surface area contributed by atoms with Gasteiger partial charge in [0.2, 0.25) is 0 Å². The van der Waals surface area contributed by atoms with Crippen LogP contribution in [-0.4, -0.2) is 36.7 Å². The summed E-state index contributed by atoms with van der Waals surface area (Å²) < 4.78 is 5.78. The predicted molar refractivity (Wildman–Crippen MR) is 87.7 cm³/mol. The second kappa shape index (κ2) is 8.29. The Kier molecular flexibility index (Phi) is 6.39. The van der Waals surface area contributed by atoms with E-state index >= 15 is 0 Å². The first-order valence-electron chi connectivity index (χ1n) is 7.47. The molecule has 1 saturated heterocycles. The van der Waals surface area contributed by atoms with Gasteiger partial charge in [-0.1, -0.05) is 37.3 Å². The highest BCUT2D eigenvalue weighted by molar-refractivity contribution is 7.98. The van der Waals surface area contributed by atoms with Gasteiger partial charge in [-0.3, -0.25) is 0 Å². The van der Waals surface area contributed by atoms with Gasteiger partial charge in [-0.2, -0.15) is 11.8 Å². The second-order valence-electron chi connectivity index (χ2n) is 5.28. The van der Waals surface area contributed by atoms with E-state index in [0.29, 0.717) is 6.61 Å². The predicted octanol–water partition coefficient (Wildman–Crippen LogP) is 2.96. The van der Waals surface area contributed by atoms with E-state index in [0.717, 1.165) is 24.2 Å². The maximum absolute atomic E-state index is 12.1. The van der Waals surface area contributed by atoms with Crippen LogP contribution in [0, 0.1) is 0 Å². The molecule has 1 heterocycles. The molecular formula is C16H24N2O2S. The lowest BCUT2D eigenvalue weighted by Crippen LogP contribution is -2.47. The molecule has 0 unspecified atom stereocenters. The molecule has 1 aromatic rings. The summed E-state index contributed by atoms with van der Waals surface area (Å²) in [5.74, 6) is 0.938. The number of nitrogens with one attached hydrogen (secondary N) is 2. The van der Waals surface area contributed by atoms with Gasteiger partial charge in [-0.15, -0.1) is 0 Å². The number of rotatable bonds is 6. The summed E-state index contributed by atoms with van der Waals surface area (Å²) in [6.45, 7) is 2.78. The van der Waals surface area contributed by atoms with Crippen LogP contribution >= 0.6 is 11.8 Å². The Morgan fingerprint density at radius 3 is 2.86 bits per heavy atom. The van der Waals surface area contributed by atoms with Crippen molar-refractivity contribution in [3.05, 3.63) is 35.9 Å². The third-order valence-corrected chi connectivity index (χ3v) is 4.47. The van der Waals surface area contributed by atoms with Gasteiger partial charge < -0.3 is 15.4 Å². The molecule has 2 N–H and O–H groups in total. The quantitative estimate of drug-likeness (QED) is 0.849. The minimum atomic E-state index is -0.0904. The van der Waals surface area contributed by atoms with Crippen LogP contribution in [0.1, 0.15) is 31.4 Å². The molecule has 116 valence electrons. The van der Waals surface area contributed by atoms with Crippen LogP contribution in [0.4, 0.5) is 4.79 Å². The number of thioether (sulfide) groups is 1. The van der Waals surface area contributed by atoms with Gasteiger partial charge >= 0.3 is 6.03 Å². The summed E-state index contributed by atoms with van der Waals surface area (Å²) in [7, 11) is 0. The van der Waals surface area contributed by atoms with Gasteiger partial charge in [0.1, 0.15) is 6.10 Å². The fraction of sp³-hybridized carbons (Fsp3) is 0.562. The molecule has 0 aliphatic carbocycles. The van der Waals surface area contributed by atoms with Gasteiger partial charge in [-0.05, 0) is 24.7 Å². The van der Waals surface area contributed by atoms with Gasteiger partial charge in [0.05, 0.1) is 6.04 Å². The summed E-state index contributed by atoms with van der Waals surface area (Å²) in [6.07, 6.45) is 3.81. The standard InChI is InChI=1S/C16H24N2O2S/c1-3-13(11-21-2)17-16(19)18-14-9-10-20-15(14)12-7-5-4-6-8-12/h4-8,13-15H,3,9-11H2,1-2H3,(H2,17,18,19)/t13-,14+,15+/m1/s1. The third kappa shape index (κ3) is 4.64. The maximum Gasteiger partial charge on any atom is 0.315 e. The first-order valence-corrected chi connectivity index (χ1v) is 8.86. The van der Waals surface area contributed by atoms with E-state index in [1.54, 1.807) is 11.8 Å². The molecule has 0 radical (unpaired) electrons. The van der Waals surface area contributed by atoms with Gasteiger partial charge in [-0.25, -0.2) is 4.79 Å². The van der Waals surface area contributed by atoms with E-state index in [1.165, 1.54) is 0 Å². The molecule has 0 spiro atoms. The smallest absolute Gasteiger partial charge is 0.315 e. The molecule has 1 aromatic carbocycles. The number of carbonyl (C=O) groups excluding carboxylic acids is 1. The number of amides is 2. The van der Waals surface area contributed by atoms with Crippen LogP contribution in [0.2, 0.25) is 0 Å². The van der Waals surface area contributed by atoms with Crippen molar-refractivity contribution in [1.82, 2.24) is 10.6 Å². The molecule has 2 amide bonds. The van der Waals surface area contributed by atoms with Gasteiger partial charge in [0.15, 0.2) is 0 Å². The van der Waals surface area contributed by atoms with Crippen molar-refractivity contribution in [3.8, 4) is 0 Å². The number of ether oxygens (including phenoxy) is 1.